The third-order valence-electron chi connectivity index (χ3n) is 15.5. The summed E-state index contributed by atoms with van der Waals surface area (Å²) in [6, 6.07) is 6.12. The molecule has 14 nitrogen and oxygen atoms in total. The maximum atomic E-state index is 14.5. The number of carbonyl (C=O) groups is 4. The van der Waals surface area contributed by atoms with E-state index in [0.29, 0.717) is 76.2 Å². The molecule has 2 saturated heterocycles. The van der Waals surface area contributed by atoms with Crippen LogP contribution in [0.1, 0.15) is 131 Å². The Labute approximate surface area is 417 Å². The van der Waals surface area contributed by atoms with Gasteiger partial charge in [0.05, 0.1) is 18.3 Å². The zero-order chi connectivity index (χ0) is 51.3. The van der Waals surface area contributed by atoms with Crippen LogP contribution in [-0.4, -0.2) is 125 Å². The van der Waals surface area contributed by atoms with E-state index in [2.05, 4.69) is 5.32 Å². The number of benzene rings is 1. The van der Waals surface area contributed by atoms with Crippen LogP contribution in [0.3, 0.4) is 0 Å². The Morgan fingerprint density at radius 3 is 2.36 bits per heavy atom. The summed E-state index contributed by atoms with van der Waals surface area (Å²) in [5, 5.41) is 37.8. The summed E-state index contributed by atoms with van der Waals surface area (Å²) >= 11 is 0. The van der Waals surface area contributed by atoms with Gasteiger partial charge in [-0.2, -0.15) is 0 Å². The Morgan fingerprint density at radius 1 is 0.886 bits per heavy atom. The van der Waals surface area contributed by atoms with Crippen LogP contribution in [0.2, 0.25) is 0 Å². The predicted octanol–water partition coefficient (Wildman–Crippen LogP) is 7.47. The topological polar surface area (TPSA) is 207 Å². The highest BCUT2D eigenvalue weighted by Crippen LogP contribution is 2.38. The molecule has 70 heavy (non-hydrogen) atoms. The van der Waals surface area contributed by atoms with Crippen LogP contribution in [-0.2, 0) is 38.1 Å². The van der Waals surface area contributed by atoms with E-state index in [-0.39, 0.29) is 48.6 Å². The van der Waals surface area contributed by atoms with E-state index in [4.69, 9.17) is 24.7 Å². The molecule has 0 radical (unpaired) electrons. The Hall–Kier alpha value is -4.02. The van der Waals surface area contributed by atoms with Crippen molar-refractivity contribution in [3.05, 3.63) is 77.4 Å². The lowest BCUT2D eigenvalue weighted by atomic mass is 9.78. The van der Waals surface area contributed by atoms with Crippen molar-refractivity contribution in [2.45, 2.75) is 192 Å². The molecule has 4 aliphatic rings. The van der Waals surface area contributed by atoms with Gasteiger partial charge in [0, 0.05) is 50.4 Å². The number of amides is 1. The second-order valence-electron chi connectivity index (χ2n) is 21.2. The number of methoxy groups -OCH3 is 2. The monoisotopic (exact) mass is 976 g/mol. The smallest absolute Gasteiger partial charge is 0.329 e. The number of esters is 1. The summed E-state index contributed by atoms with van der Waals surface area (Å²) in [6.07, 6.45) is 14.0. The molecule has 0 spiro atoms. The first-order valence-electron chi connectivity index (χ1n) is 26.0. The molecule has 1 aromatic carbocycles. The molecule has 3 aliphatic heterocycles. The lowest BCUT2D eigenvalue weighted by Crippen LogP contribution is -2.61. The summed E-state index contributed by atoms with van der Waals surface area (Å²) in [4.78, 5) is 58.4. The second kappa shape index (κ2) is 26.6. The van der Waals surface area contributed by atoms with E-state index >= 15 is 0 Å². The molecule has 15 atom stereocenters. The van der Waals surface area contributed by atoms with Gasteiger partial charge in [-0.1, -0.05) is 81.9 Å². The van der Waals surface area contributed by atoms with Gasteiger partial charge in [-0.15, -0.1) is 0 Å². The van der Waals surface area contributed by atoms with Crippen LogP contribution >= 0.6 is 0 Å². The highest BCUT2D eigenvalue weighted by atomic mass is 16.6. The van der Waals surface area contributed by atoms with Crippen molar-refractivity contribution in [3.63, 3.8) is 0 Å². The minimum atomic E-state index is -2.41. The van der Waals surface area contributed by atoms with Crippen LogP contribution in [0.25, 0.3) is 0 Å². The molecule has 14 heteroatoms. The maximum absolute atomic E-state index is 14.5. The number of Topliss-reactive ketones (excluding diaryl/α,β-unsaturated/α-hetero) is 2. The van der Waals surface area contributed by atoms with Crippen molar-refractivity contribution in [3.8, 4) is 0 Å². The summed E-state index contributed by atoms with van der Waals surface area (Å²) < 4.78 is 24.0. The molecule has 3 fully saturated rings. The first-order valence-corrected chi connectivity index (χ1v) is 26.0. The molecular weight excluding hydrogens is 891 g/mol. The number of nitrogens with zero attached hydrogens (tertiary/aromatic N) is 1. The Kier molecular flexibility index (Phi) is 21.6. The Morgan fingerprint density at radius 2 is 1.64 bits per heavy atom. The molecule has 7 unspecified atom stereocenters. The molecule has 5 rings (SSSR count). The molecular formula is C56H85N3O11. The van der Waals surface area contributed by atoms with Gasteiger partial charge in [0.15, 0.2) is 5.78 Å². The number of rotatable bonds is 7. The van der Waals surface area contributed by atoms with Crippen LogP contribution < -0.4 is 11.1 Å². The number of hydrogen-bond acceptors (Lipinski definition) is 13. The van der Waals surface area contributed by atoms with Crippen molar-refractivity contribution >= 4 is 29.1 Å². The number of anilines is 1. The van der Waals surface area contributed by atoms with Gasteiger partial charge in [-0.3, -0.25) is 14.4 Å². The van der Waals surface area contributed by atoms with Crippen LogP contribution in [0.5, 0.6) is 0 Å². The van der Waals surface area contributed by atoms with Gasteiger partial charge < -0.3 is 50.2 Å². The quantitative estimate of drug-likeness (QED) is 0.102. The molecule has 390 valence electrons. The van der Waals surface area contributed by atoms with Crippen molar-refractivity contribution in [2.75, 3.05) is 26.1 Å². The fraction of sp³-hybridized carbons (Fsp3) is 0.679. The number of cyclic esters (lactones) is 1. The molecule has 1 aromatic rings. The lowest BCUT2D eigenvalue weighted by molar-refractivity contribution is -0.263. The van der Waals surface area contributed by atoms with E-state index < -0.39 is 77.9 Å². The summed E-state index contributed by atoms with van der Waals surface area (Å²) in [6.45, 7) is 13.5. The molecule has 1 aliphatic carbocycles. The van der Waals surface area contributed by atoms with Gasteiger partial charge in [0.1, 0.15) is 24.4 Å². The van der Waals surface area contributed by atoms with Gasteiger partial charge in [-0.05, 0) is 145 Å². The largest absolute Gasteiger partial charge is 0.461 e. The number of aliphatic hydroxyl groups excluding tert-OH is 2. The number of fused-ring (bicyclic) bond motifs is 3. The number of nitrogens with one attached hydrogen (secondary N) is 1. The van der Waals surface area contributed by atoms with E-state index in [9.17, 15) is 34.5 Å². The first kappa shape index (κ1) is 56.9. The zero-order valence-electron chi connectivity index (χ0n) is 43.4. The molecule has 2 bridgehead atoms. The number of hydrogen-bond donors (Lipinski definition) is 5. The molecule has 0 aromatic heterocycles. The van der Waals surface area contributed by atoms with Crippen molar-refractivity contribution in [1.29, 1.82) is 0 Å². The van der Waals surface area contributed by atoms with E-state index in [1.165, 1.54) is 12.0 Å². The minimum Gasteiger partial charge on any atom is -0.461 e. The fourth-order valence-electron chi connectivity index (χ4n) is 11.0. The Balaban J connectivity index is 1.48. The van der Waals surface area contributed by atoms with Crippen molar-refractivity contribution < 1.29 is 53.4 Å². The minimum absolute atomic E-state index is 0.0376. The van der Waals surface area contributed by atoms with E-state index in [0.717, 1.165) is 23.2 Å². The third kappa shape index (κ3) is 15.3. The summed E-state index contributed by atoms with van der Waals surface area (Å²) in [7, 11) is 3.02. The molecule has 1 amide bonds. The number of aryl methyl sites for hydroxylation is 1. The Bertz CT molecular complexity index is 2040. The number of carbonyl (C=O) groups excluding carboxylic acids is 4. The standard InChI is InChI=1S/C56H85N3O11/c1-34-16-11-10-12-18-36(3)45(58-43-19-15-17-35(2)29-43)33-44-24-21-40(7)56(66,70-44)53(63)54(64)59-27-14-13-20-46(59)55(65)69-48(37(4)30-41-22-25-47(60)49(32-41)67-8)26-23-42(57)31-39(6)51(62)52(68-9)50(61)38(5)28-34/h10-12,15-19,29,31,34,37-38,40-42,44-49,51-52,58,60,62,66H,13-14,20-28,30,32-33,57H2,1-9H3/b12-10+,16-11+,36-18+,39-31+/t34-,37-,38?,40?,41?,42+,44+,45+,46?,47-,48+,49?,51?,52+,56?/m1/s1. The number of aliphatic hydroxyl groups is 3. The van der Waals surface area contributed by atoms with Gasteiger partial charge in [-0.25, -0.2) is 4.79 Å². The number of allylic oxidation sites excluding steroid dienone is 5. The average Bonchev–Trinajstić information content (AvgIpc) is 3.33. The number of nitrogens with two attached hydrogens (primary N) is 1. The van der Waals surface area contributed by atoms with Crippen molar-refractivity contribution in [1.82, 2.24) is 4.90 Å². The van der Waals surface area contributed by atoms with E-state index in [1.807, 2.05) is 89.3 Å². The number of ether oxygens (including phenoxy) is 4. The number of ketones is 2. The lowest BCUT2D eigenvalue weighted by Gasteiger charge is -2.43. The fourth-order valence-corrected chi connectivity index (χ4v) is 11.0. The maximum Gasteiger partial charge on any atom is 0.329 e. The highest BCUT2D eigenvalue weighted by molar-refractivity contribution is 6.39. The van der Waals surface area contributed by atoms with Crippen molar-refractivity contribution in [2.24, 2.45) is 35.3 Å². The first-order chi connectivity index (χ1) is 33.3. The summed E-state index contributed by atoms with van der Waals surface area (Å²) in [5.74, 6) is -6.34. The third-order valence-corrected chi connectivity index (χ3v) is 15.5. The van der Waals surface area contributed by atoms with Crippen LogP contribution in [0.15, 0.2) is 71.9 Å². The van der Waals surface area contributed by atoms with Crippen LogP contribution in [0.4, 0.5) is 5.69 Å². The van der Waals surface area contributed by atoms with Gasteiger partial charge in [0.25, 0.3) is 11.7 Å². The predicted molar refractivity (Wildman–Crippen MR) is 271 cm³/mol. The molecule has 3 heterocycles. The molecule has 6 N–H and O–H groups in total. The normalized spacial score (nSPS) is 38.2. The van der Waals surface area contributed by atoms with E-state index in [1.54, 1.807) is 27.0 Å². The molecule has 1 saturated carbocycles. The highest BCUT2D eigenvalue weighted by Gasteiger charge is 2.53. The average molecular weight is 976 g/mol. The number of piperidine rings is 1. The SMILES string of the molecule is COC1CC(C[C@@H](C)[C@@H]2CC[C@H](N)/C=C(\C)C(O)[C@@H](OC)C(=O)C(C)C[C@H](C)/C=C/C=C/C=C(\C)[C@@H](Nc3cccc(C)c3)C[C@@H]3CCC(C)C(O)(O3)C(=O)C(=O)N3CCCCC3C(=O)O2)CC[C@H]1O. The zero-order valence-corrected chi connectivity index (χ0v) is 43.4. The van der Waals surface area contributed by atoms with Gasteiger partial charge >= 0.3 is 5.97 Å². The van der Waals surface area contributed by atoms with Crippen LogP contribution in [0, 0.1) is 36.5 Å². The summed E-state index contributed by atoms with van der Waals surface area (Å²) in [5.41, 5.74) is 10.1. The second-order valence-corrected chi connectivity index (χ2v) is 21.2. The van der Waals surface area contributed by atoms with Gasteiger partial charge in [0.2, 0.25) is 5.79 Å².